The van der Waals surface area contributed by atoms with E-state index in [2.05, 4.69) is 31.3 Å². The molecule has 0 saturated heterocycles. The van der Waals surface area contributed by atoms with Crippen molar-refractivity contribution < 1.29 is 19.7 Å². The number of ether oxygens (including phenoxy) is 1. The predicted octanol–water partition coefficient (Wildman–Crippen LogP) is 4.38. The highest BCUT2D eigenvalue weighted by Crippen LogP contribution is 2.25. The van der Waals surface area contributed by atoms with Gasteiger partial charge in [0.25, 0.3) is 0 Å². The van der Waals surface area contributed by atoms with E-state index in [1.54, 1.807) is 20.8 Å². The van der Waals surface area contributed by atoms with E-state index in [4.69, 9.17) is 4.74 Å². The molecule has 1 unspecified atom stereocenters. The Morgan fingerprint density at radius 2 is 1.71 bits per heavy atom. The molecule has 28 heavy (non-hydrogen) atoms. The van der Waals surface area contributed by atoms with Crippen LogP contribution in [0.2, 0.25) is 0 Å². The molecule has 5 heteroatoms. The summed E-state index contributed by atoms with van der Waals surface area (Å²) in [7, 11) is 0. The Hall–Kier alpha value is -1.59. The van der Waals surface area contributed by atoms with Crippen LogP contribution in [0, 0.1) is 0 Å². The maximum atomic E-state index is 11.7. The largest absolute Gasteiger partial charge is 0.444 e. The second-order valence-electron chi connectivity index (χ2n) is 8.79. The summed E-state index contributed by atoms with van der Waals surface area (Å²) in [5, 5.41) is 23.6. The van der Waals surface area contributed by atoms with Gasteiger partial charge in [-0.15, -0.1) is 0 Å². The summed E-state index contributed by atoms with van der Waals surface area (Å²) in [6.07, 6.45) is 4.44. The van der Waals surface area contributed by atoms with Gasteiger partial charge in [0, 0.05) is 13.0 Å². The second-order valence-corrected chi connectivity index (χ2v) is 8.79. The van der Waals surface area contributed by atoms with Gasteiger partial charge in [-0.2, -0.15) is 0 Å². The summed E-state index contributed by atoms with van der Waals surface area (Å²) in [6.45, 7) is 9.76. The van der Waals surface area contributed by atoms with Crippen molar-refractivity contribution in [2.75, 3.05) is 6.54 Å². The number of aryl methyl sites for hydroxylation is 1. The zero-order valence-corrected chi connectivity index (χ0v) is 18.3. The Bertz CT molecular complexity index is 589. The van der Waals surface area contributed by atoms with E-state index < -0.39 is 23.4 Å². The average molecular weight is 394 g/mol. The molecule has 3 N–H and O–H groups in total. The number of aliphatic hydroxyl groups is 2. The maximum Gasteiger partial charge on any atom is 0.407 e. The SMILES string of the molecule is CCCC(O)(CCC)CCc1cccc(CC(O)CNC(=O)OC(C)(C)C)c1. The van der Waals surface area contributed by atoms with E-state index in [0.29, 0.717) is 6.42 Å². The van der Waals surface area contributed by atoms with Crippen LogP contribution in [0.5, 0.6) is 0 Å². The molecule has 1 amide bonds. The first-order valence-electron chi connectivity index (χ1n) is 10.5. The molecular formula is C23H39NO4. The van der Waals surface area contributed by atoms with E-state index >= 15 is 0 Å². The van der Waals surface area contributed by atoms with Crippen LogP contribution >= 0.6 is 0 Å². The zero-order valence-electron chi connectivity index (χ0n) is 18.3. The van der Waals surface area contributed by atoms with Crippen LogP contribution in [-0.2, 0) is 17.6 Å². The lowest BCUT2D eigenvalue weighted by Crippen LogP contribution is -2.37. The van der Waals surface area contributed by atoms with Crippen molar-refractivity contribution in [1.82, 2.24) is 5.32 Å². The average Bonchev–Trinajstić information content (AvgIpc) is 2.58. The number of nitrogens with one attached hydrogen (secondary N) is 1. The van der Waals surface area contributed by atoms with Gasteiger partial charge in [-0.3, -0.25) is 0 Å². The van der Waals surface area contributed by atoms with Crippen LogP contribution in [0.4, 0.5) is 4.79 Å². The van der Waals surface area contributed by atoms with E-state index in [1.165, 1.54) is 0 Å². The number of carbonyl (C=O) groups is 1. The van der Waals surface area contributed by atoms with E-state index in [-0.39, 0.29) is 6.54 Å². The molecule has 0 spiro atoms. The van der Waals surface area contributed by atoms with E-state index in [1.807, 2.05) is 12.1 Å². The molecule has 1 rings (SSSR count). The third kappa shape index (κ3) is 10.1. The molecule has 0 aliphatic heterocycles. The highest BCUT2D eigenvalue weighted by atomic mass is 16.6. The van der Waals surface area contributed by atoms with Crippen LogP contribution in [0.1, 0.15) is 77.8 Å². The minimum atomic E-state index is -0.681. The van der Waals surface area contributed by atoms with Gasteiger partial charge in [0.2, 0.25) is 0 Å². The van der Waals surface area contributed by atoms with Crippen molar-refractivity contribution >= 4 is 6.09 Å². The van der Waals surface area contributed by atoms with Gasteiger partial charge in [-0.1, -0.05) is 51.0 Å². The van der Waals surface area contributed by atoms with Gasteiger partial charge < -0.3 is 20.3 Å². The van der Waals surface area contributed by atoms with Crippen molar-refractivity contribution in [3.63, 3.8) is 0 Å². The Kier molecular flexibility index (Phi) is 9.97. The number of alkyl carbamates (subject to hydrolysis) is 1. The second kappa shape index (κ2) is 11.4. The van der Waals surface area contributed by atoms with Crippen molar-refractivity contribution in [3.8, 4) is 0 Å². The fraction of sp³-hybridized carbons (Fsp3) is 0.696. The summed E-state index contributed by atoms with van der Waals surface area (Å²) in [4.78, 5) is 11.7. The van der Waals surface area contributed by atoms with Gasteiger partial charge >= 0.3 is 6.09 Å². The molecule has 0 aliphatic rings. The lowest BCUT2D eigenvalue weighted by atomic mass is 9.86. The van der Waals surface area contributed by atoms with Crippen LogP contribution in [0.15, 0.2) is 24.3 Å². The number of carbonyl (C=O) groups excluding carboxylic acids is 1. The van der Waals surface area contributed by atoms with Crippen LogP contribution in [-0.4, -0.2) is 40.2 Å². The van der Waals surface area contributed by atoms with Gasteiger partial charge in [-0.25, -0.2) is 4.79 Å². The molecule has 0 saturated carbocycles. The first kappa shape index (κ1) is 24.4. The van der Waals surface area contributed by atoms with Crippen LogP contribution in [0.25, 0.3) is 0 Å². The number of rotatable bonds is 11. The number of amides is 1. The quantitative estimate of drug-likeness (QED) is 0.521. The molecule has 1 atom stereocenters. The normalized spacial score (nSPS) is 13.2. The minimum Gasteiger partial charge on any atom is -0.444 e. The Balaban J connectivity index is 2.54. The standard InChI is InChI=1S/C23H39NO4/c1-6-12-23(27,13-7-2)14-11-18-9-8-10-19(15-18)16-20(25)17-24-21(26)28-22(3,4)5/h8-10,15,20,25,27H,6-7,11-14,16-17H2,1-5H3,(H,24,26). The third-order valence-electron chi connectivity index (χ3n) is 4.65. The summed E-state index contributed by atoms with van der Waals surface area (Å²) >= 11 is 0. The summed E-state index contributed by atoms with van der Waals surface area (Å²) in [5.41, 5.74) is 1.04. The first-order chi connectivity index (χ1) is 13.1. The highest BCUT2D eigenvalue weighted by Gasteiger charge is 2.24. The Labute approximate surface area is 170 Å². The summed E-state index contributed by atoms with van der Waals surface area (Å²) in [6, 6.07) is 8.10. The van der Waals surface area contributed by atoms with Gasteiger partial charge in [-0.05, 0) is 57.6 Å². The molecule has 1 aromatic rings. The molecule has 0 heterocycles. The molecule has 0 aromatic heterocycles. The smallest absolute Gasteiger partial charge is 0.407 e. The maximum absolute atomic E-state index is 11.7. The number of aliphatic hydroxyl groups excluding tert-OH is 1. The van der Waals surface area contributed by atoms with Crippen molar-refractivity contribution in [3.05, 3.63) is 35.4 Å². The number of hydrogen-bond donors (Lipinski definition) is 3. The lowest BCUT2D eigenvalue weighted by molar-refractivity contribution is 0.0132. The Morgan fingerprint density at radius 3 is 2.29 bits per heavy atom. The van der Waals surface area contributed by atoms with Gasteiger partial charge in [0.05, 0.1) is 11.7 Å². The molecule has 0 radical (unpaired) electrons. The van der Waals surface area contributed by atoms with E-state index in [9.17, 15) is 15.0 Å². The third-order valence-corrected chi connectivity index (χ3v) is 4.65. The van der Waals surface area contributed by atoms with Crippen molar-refractivity contribution in [2.45, 2.75) is 96.9 Å². The topological polar surface area (TPSA) is 78.8 Å². The van der Waals surface area contributed by atoms with Crippen molar-refractivity contribution in [2.24, 2.45) is 0 Å². The van der Waals surface area contributed by atoms with Crippen LogP contribution in [0.3, 0.4) is 0 Å². The highest BCUT2D eigenvalue weighted by molar-refractivity contribution is 5.67. The Morgan fingerprint density at radius 1 is 1.11 bits per heavy atom. The predicted molar refractivity (Wildman–Crippen MR) is 113 cm³/mol. The summed E-state index contributed by atoms with van der Waals surface area (Å²) < 4.78 is 5.18. The fourth-order valence-electron chi connectivity index (χ4n) is 3.45. The fourth-order valence-corrected chi connectivity index (χ4v) is 3.45. The lowest BCUT2D eigenvalue weighted by Gasteiger charge is -2.27. The molecule has 5 nitrogen and oxygen atoms in total. The minimum absolute atomic E-state index is 0.145. The molecular weight excluding hydrogens is 354 g/mol. The number of benzene rings is 1. The molecule has 0 fully saturated rings. The molecule has 160 valence electrons. The summed E-state index contributed by atoms with van der Waals surface area (Å²) in [5.74, 6) is 0. The van der Waals surface area contributed by atoms with Crippen molar-refractivity contribution in [1.29, 1.82) is 0 Å². The molecule has 0 aliphatic carbocycles. The van der Waals surface area contributed by atoms with Gasteiger partial charge in [0.15, 0.2) is 0 Å². The van der Waals surface area contributed by atoms with E-state index in [0.717, 1.165) is 49.7 Å². The molecule has 0 bridgehead atoms. The monoisotopic (exact) mass is 393 g/mol. The number of hydrogen-bond acceptors (Lipinski definition) is 4. The van der Waals surface area contributed by atoms with Crippen LogP contribution < -0.4 is 5.32 Å². The molecule has 1 aromatic carbocycles. The first-order valence-corrected chi connectivity index (χ1v) is 10.5. The zero-order chi connectivity index (χ0) is 21.2. The van der Waals surface area contributed by atoms with Gasteiger partial charge in [0.1, 0.15) is 5.60 Å².